The second-order valence-corrected chi connectivity index (χ2v) is 9.41. The van der Waals surface area contributed by atoms with Crippen LogP contribution in [-0.4, -0.2) is 19.5 Å². The van der Waals surface area contributed by atoms with E-state index in [4.69, 9.17) is 9.47 Å². The highest BCUT2D eigenvalue weighted by Crippen LogP contribution is 2.24. The van der Waals surface area contributed by atoms with Gasteiger partial charge in [-0.1, -0.05) is 80.6 Å². The molecule has 0 rings (SSSR count). The van der Waals surface area contributed by atoms with E-state index >= 15 is 0 Å². The molecule has 0 heterocycles. The fourth-order valence-electron chi connectivity index (χ4n) is 3.61. The monoisotopic (exact) mass is 370 g/mol. The molecule has 2 atom stereocenters. The third kappa shape index (κ3) is 15.0. The molecule has 0 aliphatic rings. The van der Waals surface area contributed by atoms with Gasteiger partial charge in [-0.05, 0) is 55.8 Å². The predicted molar refractivity (Wildman–Crippen MR) is 116 cm³/mol. The van der Waals surface area contributed by atoms with Crippen molar-refractivity contribution in [2.24, 2.45) is 17.3 Å². The molecule has 0 radical (unpaired) electrons. The Balaban J connectivity index is 4.45. The van der Waals surface area contributed by atoms with Gasteiger partial charge in [-0.2, -0.15) is 0 Å². The number of rotatable bonds is 17. The Morgan fingerprint density at radius 2 is 1.15 bits per heavy atom. The van der Waals surface area contributed by atoms with Crippen LogP contribution in [0.5, 0.6) is 0 Å². The van der Waals surface area contributed by atoms with E-state index in [0.29, 0.717) is 17.3 Å². The molecule has 0 aliphatic heterocycles. The van der Waals surface area contributed by atoms with Gasteiger partial charge in [0.05, 0.1) is 13.2 Å². The Morgan fingerprint density at radius 1 is 0.654 bits per heavy atom. The predicted octanol–water partition coefficient (Wildman–Crippen LogP) is 7.99. The van der Waals surface area contributed by atoms with Crippen molar-refractivity contribution in [3.05, 3.63) is 0 Å². The smallest absolute Gasteiger partial charge is 0.157 e. The third-order valence-corrected chi connectivity index (χ3v) is 5.32. The minimum absolute atomic E-state index is 0.00270. The van der Waals surface area contributed by atoms with Gasteiger partial charge in [0.25, 0.3) is 0 Å². The Hall–Kier alpha value is -0.0800. The lowest BCUT2D eigenvalue weighted by Gasteiger charge is -2.25. The summed E-state index contributed by atoms with van der Waals surface area (Å²) in [6.45, 7) is 17.8. The average molecular weight is 371 g/mol. The molecule has 0 N–H and O–H groups in total. The first-order valence-corrected chi connectivity index (χ1v) is 11.6. The van der Waals surface area contributed by atoms with Crippen molar-refractivity contribution in [1.82, 2.24) is 0 Å². The van der Waals surface area contributed by atoms with Crippen LogP contribution < -0.4 is 0 Å². The number of hydrogen-bond donors (Lipinski definition) is 0. The number of ether oxygens (including phenoxy) is 2. The van der Waals surface area contributed by atoms with Gasteiger partial charge in [-0.25, -0.2) is 0 Å². The molecular formula is C24H50O2. The van der Waals surface area contributed by atoms with Gasteiger partial charge in [-0.15, -0.1) is 0 Å². The molecule has 0 bridgehead atoms. The van der Waals surface area contributed by atoms with Gasteiger partial charge in [0.15, 0.2) is 6.29 Å². The molecule has 2 unspecified atom stereocenters. The second kappa shape index (κ2) is 15.9. The summed E-state index contributed by atoms with van der Waals surface area (Å²) in [5, 5.41) is 0. The molecule has 158 valence electrons. The normalized spacial score (nSPS) is 14.8. The van der Waals surface area contributed by atoms with Crippen molar-refractivity contribution in [1.29, 1.82) is 0 Å². The fourth-order valence-corrected chi connectivity index (χ4v) is 3.61. The van der Waals surface area contributed by atoms with Crippen LogP contribution >= 0.6 is 0 Å². The van der Waals surface area contributed by atoms with Gasteiger partial charge < -0.3 is 9.47 Å². The van der Waals surface area contributed by atoms with E-state index in [0.717, 1.165) is 19.6 Å². The number of hydrogen-bond acceptors (Lipinski definition) is 2. The summed E-state index contributed by atoms with van der Waals surface area (Å²) in [6.07, 6.45) is 13.6. The molecule has 0 amide bonds. The molecule has 2 heteroatoms. The fraction of sp³-hybridized carbons (Fsp3) is 1.00. The molecule has 2 nitrogen and oxygen atoms in total. The maximum absolute atomic E-state index is 6.29. The Kier molecular flexibility index (Phi) is 15.9. The lowest BCUT2D eigenvalue weighted by atomic mass is 9.89. The van der Waals surface area contributed by atoms with E-state index < -0.39 is 0 Å². The highest BCUT2D eigenvalue weighted by atomic mass is 16.7. The molecule has 0 fully saturated rings. The highest BCUT2D eigenvalue weighted by Gasteiger charge is 2.17. The molecular weight excluding hydrogens is 320 g/mol. The molecule has 0 aromatic carbocycles. The summed E-state index contributed by atoms with van der Waals surface area (Å²) in [6, 6.07) is 0. The van der Waals surface area contributed by atoms with Gasteiger partial charge in [0.2, 0.25) is 0 Å². The Bertz CT molecular complexity index is 289. The largest absolute Gasteiger partial charge is 0.352 e. The molecule has 0 aromatic rings. The van der Waals surface area contributed by atoms with E-state index in [1.54, 1.807) is 0 Å². The van der Waals surface area contributed by atoms with Crippen molar-refractivity contribution >= 4 is 0 Å². The molecule has 0 spiro atoms. The van der Waals surface area contributed by atoms with Gasteiger partial charge in [0.1, 0.15) is 0 Å². The van der Waals surface area contributed by atoms with Crippen LogP contribution in [0.25, 0.3) is 0 Å². The summed E-state index contributed by atoms with van der Waals surface area (Å²) in [5.74, 6) is 1.38. The Labute approximate surface area is 165 Å². The maximum atomic E-state index is 6.29. The summed E-state index contributed by atoms with van der Waals surface area (Å²) >= 11 is 0. The van der Waals surface area contributed by atoms with E-state index in [-0.39, 0.29) is 6.29 Å². The summed E-state index contributed by atoms with van der Waals surface area (Å²) in [5.41, 5.74) is 0.430. The first-order valence-electron chi connectivity index (χ1n) is 11.6. The maximum Gasteiger partial charge on any atom is 0.157 e. The number of unbranched alkanes of at least 4 members (excludes halogenated alkanes) is 1. The zero-order chi connectivity index (χ0) is 19.8. The van der Waals surface area contributed by atoms with Crippen molar-refractivity contribution < 1.29 is 9.47 Å². The molecule has 26 heavy (non-hydrogen) atoms. The first kappa shape index (κ1) is 25.9. The minimum Gasteiger partial charge on any atom is -0.352 e. The minimum atomic E-state index is -0.00270. The first-order chi connectivity index (χ1) is 12.4. The zero-order valence-electron chi connectivity index (χ0n) is 19.2. The lowest BCUT2D eigenvalue weighted by molar-refractivity contribution is -0.162. The molecule has 0 saturated heterocycles. The topological polar surface area (TPSA) is 18.5 Å². The quantitative estimate of drug-likeness (QED) is 0.191. The third-order valence-electron chi connectivity index (χ3n) is 5.32. The summed E-state index contributed by atoms with van der Waals surface area (Å²) < 4.78 is 12.6. The van der Waals surface area contributed by atoms with Crippen LogP contribution in [0.1, 0.15) is 119 Å². The van der Waals surface area contributed by atoms with Crippen LogP contribution in [0.15, 0.2) is 0 Å². The molecule has 0 saturated carbocycles. The lowest BCUT2D eigenvalue weighted by Crippen LogP contribution is -2.24. The highest BCUT2D eigenvalue weighted by molar-refractivity contribution is 4.63. The van der Waals surface area contributed by atoms with Gasteiger partial charge in [0, 0.05) is 0 Å². The van der Waals surface area contributed by atoms with E-state index in [1.807, 2.05) is 0 Å². The van der Waals surface area contributed by atoms with Crippen molar-refractivity contribution in [3.8, 4) is 0 Å². The molecule has 0 aromatic heterocycles. The van der Waals surface area contributed by atoms with Gasteiger partial charge in [-0.3, -0.25) is 0 Å². The summed E-state index contributed by atoms with van der Waals surface area (Å²) in [4.78, 5) is 0. The van der Waals surface area contributed by atoms with Crippen LogP contribution in [0, 0.1) is 17.3 Å². The SMILES string of the molecule is CCCC(CC)COC(CCCCC(C)(C)C)OCC(CCC)CCC. The van der Waals surface area contributed by atoms with Crippen molar-refractivity contribution in [2.45, 2.75) is 125 Å². The van der Waals surface area contributed by atoms with E-state index in [2.05, 4.69) is 48.5 Å². The van der Waals surface area contributed by atoms with Crippen LogP contribution in [-0.2, 0) is 9.47 Å². The standard InChI is InChI=1S/C24H50O2/c1-8-14-21(11-4)19-25-23(17-12-13-18-24(5,6)7)26-20-22(15-9-2)16-10-3/h21-23H,8-20H2,1-7H3. The zero-order valence-corrected chi connectivity index (χ0v) is 19.2. The van der Waals surface area contributed by atoms with E-state index in [1.165, 1.54) is 64.2 Å². The van der Waals surface area contributed by atoms with Crippen LogP contribution in [0.3, 0.4) is 0 Å². The summed E-state index contributed by atoms with van der Waals surface area (Å²) in [7, 11) is 0. The van der Waals surface area contributed by atoms with E-state index in [9.17, 15) is 0 Å². The van der Waals surface area contributed by atoms with Gasteiger partial charge >= 0.3 is 0 Å². The van der Waals surface area contributed by atoms with Crippen molar-refractivity contribution in [3.63, 3.8) is 0 Å². The van der Waals surface area contributed by atoms with Crippen LogP contribution in [0.4, 0.5) is 0 Å². The van der Waals surface area contributed by atoms with Crippen LogP contribution in [0.2, 0.25) is 0 Å². The Morgan fingerprint density at radius 3 is 1.62 bits per heavy atom. The average Bonchev–Trinajstić information content (AvgIpc) is 2.58. The second-order valence-electron chi connectivity index (χ2n) is 9.41. The molecule has 0 aliphatic carbocycles. The van der Waals surface area contributed by atoms with Crippen molar-refractivity contribution in [2.75, 3.05) is 13.2 Å².